The Morgan fingerprint density at radius 3 is 3.00 bits per heavy atom. The van der Waals surface area contributed by atoms with E-state index in [0.29, 0.717) is 35.8 Å². The number of ether oxygens (including phenoxy) is 2. The fourth-order valence-electron chi connectivity index (χ4n) is 2.30. The molecule has 23 heavy (non-hydrogen) atoms. The molecule has 0 fully saturated rings. The smallest absolute Gasteiger partial charge is 0.336 e. The summed E-state index contributed by atoms with van der Waals surface area (Å²) in [5, 5.41) is 8.13. The molecule has 0 aliphatic carbocycles. The Labute approximate surface area is 132 Å². The zero-order valence-electron chi connectivity index (χ0n) is 13.1. The summed E-state index contributed by atoms with van der Waals surface area (Å²) in [4.78, 5) is 24.4. The maximum Gasteiger partial charge on any atom is 0.336 e. The van der Waals surface area contributed by atoms with Crippen LogP contribution in [0.2, 0.25) is 0 Å². The molecule has 120 valence electrons. The Morgan fingerprint density at radius 1 is 1.43 bits per heavy atom. The number of carbonyl (C=O) groups is 1. The predicted molar refractivity (Wildman–Crippen MR) is 80.7 cm³/mol. The Hall–Kier alpha value is -2.84. The minimum Gasteiger partial charge on any atom is -0.479 e. The number of hydrogen-bond acceptors (Lipinski definition) is 8. The molecule has 9 nitrogen and oxygen atoms in total. The van der Waals surface area contributed by atoms with Crippen LogP contribution in [-0.4, -0.2) is 44.7 Å². The van der Waals surface area contributed by atoms with Crippen LogP contribution in [0.1, 0.15) is 20.3 Å². The van der Waals surface area contributed by atoms with Crippen molar-refractivity contribution in [1.82, 2.24) is 19.5 Å². The largest absolute Gasteiger partial charge is 0.479 e. The summed E-state index contributed by atoms with van der Waals surface area (Å²) in [5.74, 6) is 0.0168. The molecule has 2 aromatic heterocycles. The maximum atomic E-state index is 12.0. The van der Waals surface area contributed by atoms with Gasteiger partial charge in [-0.1, -0.05) is 0 Å². The second-order valence-corrected chi connectivity index (χ2v) is 5.20. The van der Waals surface area contributed by atoms with Crippen LogP contribution in [0, 0.1) is 0 Å². The fourth-order valence-corrected chi connectivity index (χ4v) is 2.30. The van der Waals surface area contributed by atoms with Gasteiger partial charge >= 0.3 is 5.97 Å². The van der Waals surface area contributed by atoms with Gasteiger partial charge in [0.25, 0.3) is 0 Å². The molecule has 0 saturated carbocycles. The van der Waals surface area contributed by atoms with Crippen LogP contribution in [0.15, 0.2) is 28.6 Å². The average molecular weight is 316 g/mol. The SMILES string of the molecule is CCOC(=O)C1(C)C/C(=C\n2cnc3c(OC)ncnc32)N=N1. The van der Waals surface area contributed by atoms with Crippen molar-refractivity contribution in [2.24, 2.45) is 10.2 Å². The highest BCUT2D eigenvalue weighted by Crippen LogP contribution is 2.32. The van der Waals surface area contributed by atoms with Crippen molar-refractivity contribution >= 4 is 23.3 Å². The van der Waals surface area contributed by atoms with Crippen molar-refractivity contribution in [3.8, 4) is 5.88 Å². The molecule has 1 unspecified atom stereocenters. The van der Waals surface area contributed by atoms with Crippen molar-refractivity contribution in [1.29, 1.82) is 0 Å². The van der Waals surface area contributed by atoms with Gasteiger partial charge in [0, 0.05) is 12.6 Å². The Morgan fingerprint density at radius 2 is 2.26 bits per heavy atom. The molecule has 1 aliphatic rings. The van der Waals surface area contributed by atoms with Crippen LogP contribution in [0.25, 0.3) is 17.4 Å². The summed E-state index contributed by atoms with van der Waals surface area (Å²) in [7, 11) is 1.52. The summed E-state index contributed by atoms with van der Waals surface area (Å²) in [5.41, 5.74) is 0.793. The number of carbonyl (C=O) groups excluding carboxylic acids is 1. The highest BCUT2D eigenvalue weighted by atomic mass is 16.5. The lowest BCUT2D eigenvalue weighted by Crippen LogP contribution is -2.32. The highest BCUT2D eigenvalue weighted by molar-refractivity contribution is 5.82. The monoisotopic (exact) mass is 316 g/mol. The van der Waals surface area contributed by atoms with Gasteiger partial charge in [-0.3, -0.25) is 4.57 Å². The third kappa shape index (κ3) is 2.65. The molecular formula is C14H16N6O3. The van der Waals surface area contributed by atoms with Gasteiger partial charge in [0.05, 0.1) is 19.4 Å². The van der Waals surface area contributed by atoms with Gasteiger partial charge in [-0.05, 0) is 13.8 Å². The first-order valence-corrected chi connectivity index (χ1v) is 7.09. The lowest BCUT2D eigenvalue weighted by Gasteiger charge is -2.15. The van der Waals surface area contributed by atoms with Gasteiger partial charge in [0.1, 0.15) is 12.7 Å². The second kappa shape index (κ2) is 5.75. The highest BCUT2D eigenvalue weighted by Gasteiger charge is 2.40. The molecular weight excluding hydrogens is 300 g/mol. The van der Waals surface area contributed by atoms with Crippen LogP contribution in [0.4, 0.5) is 0 Å². The maximum absolute atomic E-state index is 12.0. The molecule has 3 rings (SSSR count). The van der Waals surface area contributed by atoms with Gasteiger partial charge < -0.3 is 9.47 Å². The van der Waals surface area contributed by atoms with Gasteiger partial charge in [0.2, 0.25) is 5.88 Å². The van der Waals surface area contributed by atoms with E-state index in [1.54, 1.807) is 30.9 Å². The molecule has 0 bridgehead atoms. The normalized spacial score (nSPS) is 22.0. The summed E-state index contributed by atoms with van der Waals surface area (Å²) in [6.07, 6.45) is 5.07. The Bertz CT molecular complexity index is 812. The number of rotatable bonds is 4. The van der Waals surface area contributed by atoms with Crippen molar-refractivity contribution < 1.29 is 14.3 Å². The summed E-state index contributed by atoms with van der Waals surface area (Å²) in [6.45, 7) is 3.77. The molecule has 1 atom stereocenters. The van der Waals surface area contributed by atoms with Crippen LogP contribution >= 0.6 is 0 Å². The van der Waals surface area contributed by atoms with E-state index >= 15 is 0 Å². The summed E-state index contributed by atoms with van der Waals surface area (Å²) in [6, 6.07) is 0. The van der Waals surface area contributed by atoms with E-state index in [9.17, 15) is 4.79 Å². The summed E-state index contributed by atoms with van der Waals surface area (Å²) < 4.78 is 11.9. The second-order valence-electron chi connectivity index (χ2n) is 5.20. The number of hydrogen-bond donors (Lipinski definition) is 0. The molecule has 3 heterocycles. The number of nitrogens with zero attached hydrogens (tertiary/aromatic N) is 6. The van der Waals surface area contributed by atoms with Crippen molar-refractivity contribution in [3.05, 3.63) is 18.4 Å². The van der Waals surface area contributed by atoms with Crippen LogP contribution < -0.4 is 4.74 Å². The van der Waals surface area contributed by atoms with E-state index in [1.807, 2.05) is 0 Å². The van der Waals surface area contributed by atoms with Gasteiger partial charge in [-0.25, -0.2) is 14.8 Å². The number of aromatic nitrogens is 4. The topological polar surface area (TPSA) is 104 Å². The molecule has 0 N–H and O–H groups in total. The number of imidazole rings is 1. The molecule has 0 spiro atoms. The van der Waals surface area contributed by atoms with Crippen molar-refractivity contribution in [3.63, 3.8) is 0 Å². The van der Waals surface area contributed by atoms with Crippen molar-refractivity contribution in [2.75, 3.05) is 13.7 Å². The van der Waals surface area contributed by atoms with Crippen LogP contribution in [0.3, 0.4) is 0 Å². The Kier molecular flexibility index (Phi) is 3.77. The third-order valence-corrected chi connectivity index (χ3v) is 3.45. The van der Waals surface area contributed by atoms with Gasteiger partial charge in [-0.2, -0.15) is 15.2 Å². The number of methoxy groups -OCH3 is 1. The molecule has 0 amide bonds. The number of azo groups is 1. The van der Waals surface area contributed by atoms with E-state index in [2.05, 4.69) is 25.2 Å². The molecule has 0 saturated heterocycles. The molecule has 1 aliphatic heterocycles. The van der Waals surface area contributed by atoms with Gasteiger partial charge in [-0.15, -0.1) is 0 Å². The minimum atomic E-state index is -0.981. The van der Waals surface area contributed by atoms with E-state index in [1.165, 1.54) is 13.4 Å². The lowest BCUT2D eigenvalue weighted by molar-refractivity contribution is -0.148. The molecule has 0 radical (unpaired) electrons. The third-order valence-electron chi connectivity index (χ3n) is 3.45. The molecule has 9 heteroatoms. The van der Waals surface area contributed by atoms with E-state index < -0.39 is 5.54 Å². The number of esters is 1. The average Bonchev–Trinajstić information content (AvgIpc) is 3.13. The number of fused-ring (bicyclic) bond motifs is 1. The predicted octanol–water partition coefficient (Wildman–Crippen LogP) is 1.81. The quantitative estimate of drug-likeness (QED) is 0.797. The molecule has 2 aromatic rings. The molecule has 0 aromatic carbocycles. The van der Waals surface area contributed by atoms with Crippen molar-refractivity contribution in [2.45, 2.75) is 25.8 Å². The van der Waals surface area contributed by atoms with E-state index in [4.69, 9.17) is 9.47 Å². The fraction of sp³-hybridized carbons (Fsp3) is 0.429. The van der Waals surface area contributed by atoms with Gasteiger partial charge in [0.15, 0.2) is 16.7 Å². The standard InChI is InChI=1S/C14H16N6O3/c1-4-23-13(21)14(2)5-9(18-19-14)6-20-8-17-10-11(20)15-7-16-12(10)22-3/h6-8H,4-5H2,1-3H3/b9-6+. The zero-order valence-corrected chi connectivity index (χ0v) is 13.1. The van der Waals surface area contributed by atoms with E-state index in [0.717, 1.165) is 0 Å². The summed E-state index contributed by atoms with van der Waals surface area (Å²) >= 11 is 0. The minimum absolute atomic E-state index is 0.311. The van der Waals surface area contributed by atoms with Crippen LogP contribution in [0.5, 0.6) is 5.88 Å². The van der Waals surface area contributed by atoms with Crippen LogP contribution in [-0.2, 0) is 9.53 Å². The first-order chi connectivity index (χ1) is 11.1. The zero-order chi connectivity index (χ0) is 16.4. The van der Waals surface area contributed by atoms with E-state index in [-0.39, 0.29) is 5.97 Å². The first-order valence-electron chi connectivity index (χ1n) is 7.09. The Balaban J connectivity index is 1.90. The first kappa shape index (κ1) is 15.1. The lowest BCUT2D eigenvalue weighted by atomic mass is 9.99.